The van der Waals surface area contributed by atoms with E-state index in [0.29, 0.717) is 11.3 Å². The molecule has 0 aliphatic heterocycles. The molecule has 0 unspecified atom stereocenters. The van der Waals surface area contributed by atoms with Gasteiger partial charge < -0.3 is 4.84 Å². The summed E-state index contributed by atoms with van der Waals surface area (Å²) in [5, 5.41) is 4.95. The Morgan fingerprint density at radius 3 is 2.03 bits per heavy atom. The Labute approximate surface area is 194 Å². The molecule has 0 atom stereocenters. The maximum absolute atomic E-state index is 13.1. The molecule has 0 radical (unpaired) electrons. The molecule has 0 saturated carbocycles. The topological polar surface area (TPSA) is 55.7 Å². The third-order valence-electron chi connectivity index (χ3n) is 4.99. The third-order valence-corrected chi connectivity index (χ3v) is 7.27. The zero-order chi connectivity index (χ0) is 22.7. The van der Waals surface area contributed by atoms with Crippen molar-refractivity contribution in [1.82, 2.24) is 0 Å². The molecule has 6 heteroatoms. The van der Waals surface area contributed by atoms with Crippen molar-refractivity contribution < 1.29 is 14.4 Å². The molecule has 0 saturated heterocycles. The van der Waals surface area contributed by atoms with E-state index in [9.17, 15) is 9.59 Å². The molecular formula is C26H21NO3S2. The Kier molecular flexibility index (Phi) is 6.53. The highest BCUT2D eigenvalue weighted by atomic mass is 32.2. The predicted octanol–water partition coefficient (Wildman–Crippen LogP) is 6.88. The minimum atomic E-state index is -0.444. The number of hydrogen-bond acceptors (Lipinski definition) is 6. The maximum atomic E-state index is 13.1. The number of carbonyl (C=O) groups excluding carboxylic acids is 2. The van der Waals surface area contributed by atoms with E-state index < -0.39 is 5.97 Å². The van der Waals surface area contributed by atoms with Crippen LogP contribution in [0, 0.1) is 6.92 Å². The summed E-state index contributed by atoms with van der Waals surface area (Å²) in [5.41, 5.74) is 3.25. The van der Waals surface area contributed by atoms with Crippen molar-refractivity contribution in [3.05, 3.63) is 94.4 Å². The second-order valence-electron chi connectivity index (χ2n) is 7.29. The zero-order valence-electron chi connectivity index (χ0n) is 17.9. The first kappa shape index (κ1) is 22.0. The van der Waals surface area contributed by atoms with E-state index in [2.05, 4.69) is 22.1 Å². The molecule has 0 aliphatic rings. The van der Waals surface area contributed by atoms with Crippen molar-refractivity contribution in [2.75, 3.05) is 0 Å². The van der Waals surface area contributed by atoms with Crippen LogP contribution in [-0.2, 0) is 9.63 Å². The monoisotopic (exact) mass is 459 g/mol. The first-order valence-electron chi connectivity index (χ1n) is 10.1. The van der Waals surface area contributed by atoms with E-state index in [1.807, 2.05) is 67.6 Å². The van der Waals surface area contributed by atoms with Crippen LogP contribution in [0.4, 0.5) is 0 Å². The summed E-state index contributed by atoms with van der Waals surface area (Å²) < 4.78 is 1.14. The lowest BCUT2D eigenvalue weighted by atomic mass is 10.1. The summed E-state index contributed by atoms with van der Waals surface area (Å²) in [6.45, 7) is 5.12. The van der Waals surface area contributed by atoms with E-state index in [0.717, 1.165) is 35.9 Å². The first-order chi connectivity index (χ1) is 15.4. The highest BCUT2D eigenvalue weighted by molar-refractivity contribution is 7.99. The average Bonchev–Trinajstić information content (AvgIpc) is 3.14. The summed E-state index contributed by atoms with van der Waals surface area (Å²) in [6, 6.07) is 23.7. The minimum Gasteiger partial charge on any atom is -0.318 e. The number of thiophene rings is 1. The number of nitrogens with zero attached hydrogens (tertiary/aromatic N) is 1. The molecular weight excluding hydrogens is 438 g/mol. The van der Waals surface area contributed by atoms with Gasteiger partial charge in [0.2, 0.25) is 5.78 Å². The van der Waals surface area contributed by atoms with Crippen molar-refractivity contribution in [2.24, 2.45) is 5.16 Å². The predicted molar refractivity (Wildman–Crippen MR) is 131 cm³/mol. The van der Waals surface area contributed by atoms with Crippen LogP contribution < -0.4 is 0 Å². The second-order valence-corrected chi connectivity index (χ2v) is 9.49. The molecule has 0 amide bonds. The van der Waals surface area contributed by atoms with E-state index >= 15 is 0 Å². The van der Waals surface area contributed by atoms with Gasteiger partial charge in [-0.1, -0.05) is 47.2 Å². The molecule has 32 heavy (non-hydrogen) atoms. The van der Waals surface area contributed by atoms with Crippen LogP contribution in [0.15, 0.2) is 87.7 Å². The van der Waals surface area contributed by atoms with Gasteiger partial charge >= 0.3 is 5.97 Å². The van der Waals surface area contributed by atoms with Crippen molar-refractivity contribution in [2.45, 2.75) is 30.6 Å². The van der Waals surface area contributed by atoms with Gasteiger partial charge in [0.15, 0.2) is 0 Å². The molecule has 1 aromatic heterocycles. The van der Waals surface area contributed by atoms with Crippen molar-refractivity contribution in [3.63, 3.8) is 0 Å². The number of benzene rings is 3. The van der Waals surface area contributed by atoms with Gasteiger partial charge in [0, 0.05) is 27.0 Å². The number of rotatable bonds is 6. The SMILES string of the molecule is CC(=O)O/N=C(\C)c1ccc(Sc2ccc(C(=O)c3sc4ccccc4c3C)cc2)cc1. The summed E-state index contributed by atoms with van der Waals surface area (Å²) in [5.74, 6) is -0.381. The molecule has 0 aliphatic carbocycles. The molecule has 0 N–H and O–H groups in total. The molecule has 4 rings (SSSR count). The fraction of sp³-hybridized carbons (Fsp3) is 0.115. The fourth-order valence-electron chi connectivity index (χ4n) is 3.28. The van der Waals surface area contributed by atoms with Gasteiger partial charge in [-0.05, 0) is 72.8 Å². The van der Waals surface area contributed by atoms with Crippen molar-refractivity contribution in [1.29, 1.82) is 0 Å². The van der Waals surface area contributed by atoms with E-state index in [1.54, 1.807) is 30.0 Å². The Morgan fingerprint density at radius 1 is 0.844 bits per heavy atom. The van der Waals surface area contributed by atoms with Gasteiger partial charge in [0.05, 0.1) is 10.6 Å². The molecule has 0 fully saturated rings. The number of ketones is 1. The zero-order valence-corrected chi connectivity index (χ0v) is 19.5. The van der Waals surface area contributed by atoms with Crippen LogP contribution in [0.1, 0.15) is 40.2 Å². The summed E-state index contributed by atoms with van der Waals surface area (Å²) in [7, 11) is 0. The molecule has 0 bridgehead atoms. The Morgan fingerprint density at radius 2 is 1.44 bits per heavy atom. The Balaban J connectivity index is 1.47. The molecule has 3 aromatic carbocycles. The molecule has 0 spiro atoms. The number of hydrogen-bond donors (Lipinski definition) is 0. The average molecular weight is 460 g/mol. The summed E-state index contributed by atoms with van der Waals surface area (Å²) >= 11 is 3.17. The molecule has 4 nitrogen and oxygen atoms in total. The largest absolute Gasteiger partial charge is 0.331 e. The van der Waals surface area contributed by atoms with Gasteiger partial charge in [-0.3, -0.25) is 4.79 Å². The highest BCUT2D eigenvalue weighted by Crippen LogP contribution is 2.33. The van der Waals surface area contributed by atoms with Gasteiger partial charge in [0.1, 0.15) is 0 Å². The second kappa shape index (κ2) is 9.51. The molecule has 160 valence electrons. The lowest BCUT2D eigenvalue weighted by Crippen LogP contribution is -2.00. The number of carbonyl (C=O) groups is 2. The fourth-order valence-corrected chi connectivity index (χ4v) is 5.27. The van der Waals surface area contributed by atoms with Crippen molar-refractivity contribution >= 4 is 50.6 Å². The summed E-state index contributed by atoms with van der Waals surface area (Å²) in [4.78, 5) is 31.6. The van der Waals surface area contributed by atoms with Gasteiger partial charge in [-0.2, -0.15) is 0 Å². The van der Waals surface area contributed by atoms with Crippen LogP contribution >= 0.6 is 23.1 Å². The normalized spacial score (nSPS) is 11.5. The van der Waals surface area contributed by atoms with Crippen molar-refractivity contribution in [3.8, 4) is 0 Å². The minimum absolute atomic E-state index is 0.0622. The van der Waals surface area contributed by atoms with Crippen LogP contribution in [0.3, 0.4) is 0 Å². The highest BCUT2D eigenvalue weighted by Gasteiger charge is 2.17. The van der Waals surface area contributed by atoms with E-state index in [-0.39, 0.29) is 5.78 Å². The van der Waals surface area contributed by atoms with E-state index in [4.69, 9.17) is 0 Å². The lowest BCUT2D eigenvalue weighted by molar-refractivity contribution is -0.140. The quantitative estimate of drug-likeness (QED) is 0.136. The molecule has 4 aromatic rings. The van der Waals surface area contributed by atoms with Gasteiger partial charge in [-0.15, -0.1) is 11.3 Å². The lowest BCUT2D eigenvalue weighted by Gasteiger charge is -2.05. The number of aryl methyl sites for hydroxylation is 1. The number of fused-ring (bicyclic) bond motifs is 1. The standard InChI is InChI=1S/C26H21NO3S2/c1-16-23-6-4-5-7-24(23)32-26(16)25(29)20-10-14-22(15-11-20)31-21-12-8-19(9-13-21)17(2)27-30-18(3)28/h4-15H,1-3H3/b27-17+. The summed E-state index contributed by atoms with van der Waals surface area (Å²) in [6.07, 6.45) is 0. The van der Waals surface area contributed by atoms with E-state index in [1.165, 1.54) is 6.92 Å². The number of oxime groups is 1. The van der Waals surface area contributed by atoms with Crippen LogP contribution in [0.2, 0.25) is 0 Å². The first-order valence-corrected chi connectivity index (χ1v) is 11.7. The molecule has 1 heterocycles. The Bertz CT molecular complexity index is 1320. The third kappa shape index (κ3) is 4.82. The van der Waals surface area contributed by atoms with Gasteiger partial charge in [-0.25, -0.2) is 4.79 Å². The van der Waals surface area contributed by atoms with Crippen LogP contribution in [0.5, 0.6) is 0 Å². The van der Waals surface area contributed by atoms with Crippen LogP contribution in [-0.4, -0.2) is 17.5 Å². The van der Waals surface area contributed by atoms with Crippen LogP contribution in [0.25, 0.3) is 10.1 Å². The maximum Gasteiger partial charge on any atom is 0.331 e. The van der Waals surface area contributed by atoms with Gasteiger partial charge in [0.25, 0.3) is 0 Å². The Hall–Kier alpha value is -3.22. The smallest absolute Gasteiger partial charge is 0.318 e.